The Bertz CT molecular complexity index is 2820. The van der Waals surface area contributed by atoms with Gasteiger partial charge in [-0.15, -0.1) is 0 Å². The number of rotatable bonds is 4. The van der Waals surface area contributed by atoms with Crippen LogP contribution in [0, 0.1) is 0 Å². The van der Waals surface area contributed by atoms with Gasteiger partial charge < -0.3 is 9.13 Å². The number of para-hydroxylation sites is 3. The molecule has 0 aliphatic carbocycles. The lowest BCUT2D eigenvalue weighted by atomic mass is 9.99. The van der Waals surface area contributed by atoms with Crippen LogP contribution in [0.3, 0.4) is 0 Å². The van der Waals surface area contributed by atoms with Crippen molar-refractivity contribution in [2.24, 2.45) is 0 Å². The van der Waals surface area contributed by atoms with Crippen LogP contribution >= 0.6 is 0 Å². The van der Waals surface area contributed by atoms with Gasteiger partial charge in [-0.25, -0.2) is 9.97 Å². The van der Waals surface area contributed by atoms with Crippen molar-refractivity contribution in [3.05, 3.63) is 170 Å². The first-order chi connectivity index (χ1) is 23.8. The fraction of sp³-hybridized carbons (Fsp3) is 0. The zero-order chi connectivity index (χ0) is 31.6. The van der Waals surface area contributed by atoms with Crippen molar-refractivity contribution in [1.29, 1.82) is 0 Å². The molecule has 10 aromatic rings. The van der Waals surface area contributed by atoms with Crippen LogP contribution in [0.2, 0.25) is 0 Å². The summed E-state index contributed by atoms with van der Waals surface area (Å²) in [7, 11) is 0. The van der Waals surface area contributed by atoms with Crippen LogP contribution in [-0.4, -0.2) is 19.1 Å². The van der Waals surface area contributed by atoms with Gasteiger partial charge in [-0.1, -0.05) is 97.1 Å². The third kappa shape index (κ3) is 4.10. The van der Waals surface area contributed by atoms with E-state index < -0.39 is 0 Å². The third-order valence-corrected chi connectivity index (χ3v) is 9.55. The monoisotopic (exact) mass is 612 g/mol. The van der Waals surface area contributed by atoms with Crippen molar-refractivity contribution in [3.63, 3.8) is 0 Å². The summed E-state index contributed by atoms with van der Waals surface area (Å²) in [5.74, 6) is 0.716. The van der Waals surface area contributed by atoms with E-state index in [1.165, 1.54) is 43.5 Å². The van der Waals surface area contributed by atoms with Gasteiger partial charge in [0, 0.05) is 50.2 Å². The fourth-order valence-corrected chi connectivity index (χ4v) is 7.29. The van der Waals surface area contributed by atoms with Crippen LogP contribution < -0.4 is 0 Å². The van der Waals surface area contributed by atoms with Crippen LogP contribution in [-0.2, 0) is 0 Å². The molecular weight excluding hydrogens is 585 g/mol. The SMILES string of the molecule is c1ccc(-n2ccc3cc4c5ccccc5n(-c5ccc(-c6nc(-c7cccc8ccccc78)c7ccccc7n6)cc5)c4cc32)cc1. The number of nitrogens with zero attached hydrogens (tertiary/aromatic N) is 4. The summed E-state index contributed by atoms with van der Waals surface area (Å²) >= 11 is 0. The maximum absolute atomic E-state index is 5.23. The van der Waals surface area contributed by atoms with Gasteiger partial charge in [0.25, 0.3) is 0 Å². The summed E-state index contributed by atoms with van der Waals surface area (Å²) in [5.41, 5.74) is 9.75. The Kier molecular flexibility index (Phi) is 5.84. The Labute approximate surface area is 276 Å². The minimum atomic E-state index is 0.716. The molecule has 0 atom stereocenters. The first-order valence-electron chi connectivity index (χ1n) is 16.3. The van der Waals surface area contributed by atoms with Crippen LogP contribution in [0.1, 0.15) is 0 Å². The summed E-state index contributed by atoms with van der Waals surface area (Å²) in [4.78, 5) is 10.3. The molecule has 0 aliphatic heterocycles. The van der Waals surface area contributed by atoms with Crippen LogP contribution in [0.15, 0.2) is 170 Å². The Balaban J connectivity index is 1.14. The van der Waals surface area contributed by atoms with Crippen molar-refractivity contribution in [1.82, 2.24) is 19.1 Å². The first-order valence-corrected chi connectivity index (χ1v) is 16.3. The molecule has 0 radical (unpaired) electrons. The molecule has 0 saturated carbocycles. The maximum atomic E-state index is 5.23. The minimum absolute atomic E-state index is 0.716. The largest absolute Gasteiger partial charge is 0.316 e. The van der Waals surface area contributed by atoms with E-state index in [0.717, 1.165) is 39.1 Å². The van der Waals surface area contributed by atoms with Gasteiger partial charge in [-0.3, -0.25) is 0 Å². The Morgan fingerprint density at radius 3 is 2.02 bits per heavy atom. The predicted molar refractivity (Wildman–Crippen MR) is 199 cm³/mol. The molecule has 4 heteroatoms. The summed E-state index contributed by atoms with van der Waals surface area (Å²) in [5, 5.41) is 7.13. The van der Waals surface area contributed by atoms with Crippen LogP contribution in [0.4, 0.5) is 0 Å². The molecule has 0 fully saturated rings. The van der Waals surface area contributed by atoms with Crippen LogP contribution in [0.5, 0.6) is 0 Å². The number of aromatic nitrogens is 4. The van der Waals surface area contributed by atoms with Crippen molar-refractivity contribution < 1.29 is 0 Å². The van der Waals surface area contributed by atoms with E-state index in [1.807, 2.05) is 6.07 Å². The lowest BCUT2D eigenvalue weighted by Gasteiger charge is -2.13. The highest BCUT2D eigenvalue weighted by Crippen LogP contribution is 2.37. The highest BCUT2D eigenvalue weighted by atomic mass is 15.0. The predicted octanol–water partition coefficient (Wildman–Crippen LogP) is 11.2. The van der Waals surface area contributed by atoms with Crippen LogP contribution in [0.25, 0.3) is 88.4 Å². The molecule has 3 aromatic heterocycles. The second-order valence-electron chi connectivity index (χ2n) is 12.3. The molecular formula is C44H28N4. The van der Waals surface area contributed by atoms with Gasteiger partial charge in [0.2, 0.25) is 0 Å². The van der Waals surface area contributed by atoms with Gasteiger partial charge in [-0.05, 0) is 77.5 Å². The average molecular weight is 613 g/mol. The number of hydrogen-bond acceptors (Lipinski definition) is 2. The van der Waals surface area contributed by atoms with Gasteiger partial charge in [0.1, 0.15) is 0 Å². The maximum Gasteiger partial charge on any atom is 0.160 e. The molecule has 7 aromatic carbocycles. The number of hydrogen-bond donors (Lipinski definition) is 0. The molecule has 0 amide bonds. The Morgan fingerprint density at radius 1 is 0.417 bits per heavy atom. The lowest BCUT2D eigenvalue weighted by Crippen LogP contribution is -1.97. The van der Waals surface area contributed by atoms with E-state index in [9.17, 15) is 0 Å². The van der Waals surface area contributed by atoms with Gasteiger partial charge >= 0.3 is 0 Å². The van der Waals surface area contributed by atoms with E-state index in [2.05, 4.69) is 173 Å². The zero-order valence-electron chi connectivity index (χ0n) is 26.0. The van der Waals surface area contributed by atoms with Gasteiger partial charge in [-0.2, -0.15) is 0 Å². The molecule has 0 spiro atoms. The molecule has 3 heterocycles. The van der Waals surface area contributed by atoms with E-state index in [1.54, 1.807) is 0 Å². The van der Waals surface area contributed by atoms with Gasteiger partial charge in [0.15, 0.2) is 5.82 Å². The zero-order valence-corrected chi connectivity index (χ0v) is 26.0. The van der Waals surface area contributed by atoms with Crippen molar-refractivity contribution in [3.8, 4) is 34.0 Å². The third-order valence-electron chi connectivity index (χ3n) is 9.55. The number of benzene rings is 7. The summed E-state index contributed by atoms with van der Waals surface area (Å²) in [6, 6.07) is 58.0. The molecule has 0 bridgehead atoms. The van der Waals surface area contributed by atoms with E-state index in [0.29, 0.717) is 5.82 Å². The Morgan fingerprint density at radius 2 is 1.15 bits per heavy atom. The van der Waals surface area contributed by atoms with Gasteiger partial charge in [0.05, 0.1) is 27.8 Å². The molecule has 0 unspecified atom stereocenters. The highest BCUT2D eigenvalue weighted by Gasteiger charge is 2.17. The Hall–Kier alpha value is -6.52. The molecule has 0 aliphatic rings. The average Bonchev–Trinajstić information content (AvgIpc) is 3.72. The van der Waals surface area contributed by atoms with Crippen molar-refractivity contribution in [2.75, 3.05) is 0 Å². The fourth-order valence-electron chi connectivity index (χ4n) is 7.29. The van der Waals surface area contributed by atoms with Crippen molar-refractivity contribution in [2.45, 2.75) is 0 Å². The second-order valence-corrected chi connectivity index (χ2v) is 12.3. The van der Waals surface area contributed by atoms with E-state index >= 15 is 0 Å². The lowest BCUT2D eigenvalue weighted by molar-refractivity contribution is 1.12. The normalized spacial score (nSPS) is 11.8. The second kappa shape index (κ2) is 10.5. The number of fused-ring (bicyclic) bond motifs is 6. The van der Waals surface area contributed by atoms with E-state index in [-0.39, 0.29) is 0 Å². The quantitative estimate of drug-likeness (QED) is 0.198. The molecule has 10 rings (SSSR count). The van der Waals surface area contributed by atoms with E-state index in [4.69, 9.17) is 9.97 Å². The smallest absolute Gasteiger partial charge is 0.160 e. The summed E-state index contributed by atoms with van der Waals surface area (Å²) in [6.07, 6.45) is 2.16. The molecule has 224 valence electrons. The molecule has 4 nitrogen and oxygen atoms in total. The van der Waals surface area contributed by atoms with Crippen molar-refractivity contribution >= 4 is 54.4 Å². The topological polar surface area (TPSA) is 35.6 Å². The standard InChI is InChI=1S/C44H28N4/c1-2-13-32(14-3-1)47-26-25-31-27-38-35-16-7-9-20-40(35)48(42(38)28-41(31)47)33-23-21-30(22-24-33)44-45-39-19-8-6-17-37(39)43(46-44)36-18-10-12-29-11-4-5-15-34(29)36/h1-28H. The molecule has 48 heavy (non-hydrogen) atoms. The summed E-state index contributed by atoms with van der Waals surface area (Å²) in [6.45, 7) is 0. The summed E-state index contributed by atoms with van der Waals surface area (Å²) < 4.78 is 4.64. The first kappa shape index (κ1) is 26.7. The highest BCUT2D eigenvalue weighted by molar-refractivity contribution is 6.13. The molecule has 0 saturated heterocycles. The molecule has 0 N–H and O–H groups in total. The minimum Gasteiger partial charge on any atom is -0.316 e.